The first kappa shape index (κ1) is 25.2. The van der Waals surface area contributed by atoms with Crippen molar-refractivity contribution in [2.45, 2.75) is 6.42 Å². The number of hydrogen-bond donors (Lipinski definition) is 4. The largest absolute Gasteiger partial charge is 0.507 e. The van der Waals surface area contributed by atoms with E-state index in [1.54, 1.807) is 54.6 Å². The van der Waals surface area contributed by atoms with Crippen LogP contribution in [0.2, 0.25) is 0 Å². The van der Waals surface area contributed by atoms with Crippen molar-refractivity contribution in [2.24, 2.45) is 5.73 Å². The van der Waals surface area contributed by atoms with Crippen LogP contribution in [0.4, 0.5) is 0 Å². The molecule has 0 aliphatic heterocycles. The smallest absolute Gasteiger partial charge is 0.335 e. The summed E-state index contributed by atoms with van der Waals surface area (Å²) in [6, 6.07) is 29.8. The molecule has 8 nitrogen and oxygen atoms in total. The van der Waals surface area contributed by atoms with Crippen LogP contribution in [0.15, 0.2) is 103 Å². The summed E-state index contributed by atoms with van der Waals surface area (Å²) < 4.78 is 1.50. The Labute approximate surface area is 213 Å². The minimum absolute atomic E-state index is 0.0298. The molecule has 5 aromatic rings. The Morgan fingerprint density at radius 1 is 0.757 bits per heavy atom. The lowest BCUT2D eigenvalue weighted by Gasteiger charge is -2.07. The number of benzene rings is 4. The molecule has 0 bridgehead atoms. The third kappa shape index (κ3) is 6.01. The monoisotopic (exact) mass is 494 g/mol. The third-order valence-corrected chi connectivity index (χ3v) is 5.53. The predicted molar refractivity (Wildman–Crippen MR) is 142 cm³/mol. The second-order valence-electron chi connectivity index (χ2n) is 8.08. The molecule has 5 N–H and O–H groups in total. The van der Waals surface area contributed by atoms with Crippen molar-refractivity contribution >= 4 is 5.97 Å². The van der Waals surface area contributed by atoms with E-state index < -0.39 is 5.97 Å². The fourth-order valence-electron chi connectivity index (χ4n) is 3.66. The molecule has 0 saturated carbocycles. The maximum Gasteiger partial charge on any atom is 0.335 e. The van der Waals surface area contributed by atoms with Crippen LogP contribution in [0.25, 0.3) is 28.5 Å². The van der Waals surface area contributed by atoms with Gasteiger partial charge in [0.25, 0.3) is 0 Å². The van der Waals surface area contributed by atoms with Crippen LogP contribution in [0.1, 0.15) is 15.9 Å². The van der Waals surface area contributed by atoms with E-state index in [0.717, 1.165) is 13.0 Å². The van der Waals surface area contributed by atoms with Gasteiger partial charge in [-0.25, -0.2) is 14.5 Å². The number of nitrogens with two attached hydrogens (primary N) is 1. The fourth-order valence-corrected chi connectivity index (χ4v) is 3.66. The Balaban J connectivity index is 0.000000301. The Bertz CT molecular complexity index is 1480. The van der Waals surface area contributed by atoms with Gasteiger partial charge in [0.15, 0.2) is 11.6 Å². The molecule has 0 aliphatic rings. The molecule has 4 aromatic carbocycles. The number of aromatic carboxylic acids is 1. The van der Waals surface area contributed by atoms with Crippen molar-refractivity contribution in [3.05, 3.63) is 114 Å². The summed E-state index contributed by atoms with van der Waals surface area (Å²) in [4.78, 5) is 15.6. The number of hydrogen-bond acceptors (Lipinski definition) is 6. The van der Waals surface area contributed by atoms with Gasteiger partial charge in [-0.2, -0.15) is 0 Å². The summed E-state index contributed by atoms with van der Waals surface area (Å²) in [6.45, 7) is 0.740. The zero-order chi connectivity index (χ0) is 26.2. The summed E-state index contributed by atoms with van der Waals surface area (Å²) in [6.07, 6.45) is 0.987. The van der Waals surface area contributed by atoms with Crippen LogP contribution >= 0.6 is 0 Å². The number of aromatic hydroxyl groups is 2. The minimum Gasteiger partial charge on any atom is -0.507 e. The first-order valence-electron chi connectivity index (χ1n) is 11.6. The predicted octanol–water partition coefficient (Wildman–Crippen LogP) is 4.90. The molecule has 0 spiro atoms. The van der Waals surface area contributed by atoms with Gasteiger partial charge in [0.1, 0.15) is 11.5 Å². The Morgan fingerprint density at radius 2 is 1.32 bits per heavy atom. The van der Waals surface area contributed by atoms with Crippen molar-refractivity contribution in [2.75, 3.05) is 6.54 Å². The molecular formula is C29H26N4O4. The summed E-state index contributed by atoms with van der Waals surface area (Å²) in [5, 5.41) is 34.0. The molecule has 0 aliphatic carbocycles. The maximum absolute atomic E-state index is 11.1. The maximum atomic E-state index is 11.1. The van der Waals surface area contributed by atoms with Gasteiger partial charge in [-0.1, -0.05) is 54.6 Å². The van der Waals surface area contributed by atoms with Crippen LogP contribution in [0.5, 0.6) is 11.5 Å². The average Bonchev–Trinajstić information content (AvgIpc) is 3.35. The summed E-state index contributed by atoms with van der Waals surface area (Å²) >= 11 is 0. The molecule has 5 rings (SSSR count). The van der Waals surface area contributed by atoms with E-state index in [1.807, 2.05) is 18.2 Å². The highest BCUT2D eigenvalue weighted by Gasteiger charge is 2.19. The van der Waals surface area contributed by atoms with Crippen molar-refractivity contribution in [3.8, 4) is 40.0 Å². The normalized spacial score (nSPS) is 10.4. The molecule has 0 unspecified atom stereocenters. The van der Waals surface area contributed by atoms with Crippen molar-refractivity contribution < 1.29 is 20.1 Å². The average molecular weight is 495 g/mol. The molecule has 186 valence electrons. The van der Waals surface area contributed by atoms with E-state index in [2.05, 4.69) is 22.2 Å². The molecule has 0 radical (unpaired) electrons. The summed E-state index contributed by atoms with van der Waals surface area (Å²) in [5.41, 5.74) is 8.30. The number of para-hydroxylation sites is 2. The lowest BCUT2D eigenvalue weighted by molar-refractivity contribution is 0.0697. The summed E-state index contributed by atoms with van der Waals surface area (Å²) in [7, 11) is 0. The molecule has 8 heteroatoms. The number of carboxylic acid groups (broad SMARTS) is 1. The Morgan fingerprint density at radius 3 is 1.89 bits per heavy atom. The number of aromatic nitrogens is 3. The number of carboxylic acids is 1. The number of phenolic OH excluding ortho intramolecular Hbond substituents is 2. The topological polar surface area (TPSA) is 134 Å². The lowest BCUT2D eigenvalue weighted by atomic mass is 10.1. The van der Waals surface area contributed by atoms with Gasteiger partial charge in [0, 0.05) is 0 Å². The number of carbonyl (C=O) groups is 1. The molecule has 37 heavy (non-hydrogen) atoms. The highest BCUT2D eigenvalue weighted by atomic mass is 16.4. The van der Waals surface area contributed by atoms with Crippen LogP contribution in [-0.2, 0) is 6.42 Å². The van der Waals surface area contributed by atoms with E-state index in [4.69, 9.17) is 10.8 Å². The van der Waals surface area contributed by atoms with Gasteiger partial charge in [-0.3, -0.25) is 0 Å². The fraction of sp³-hybridized carbons (Fsp3) is 0.0690. The second-order valence-corrected chi connectivity index (χ2v) is 8.08. The van der Waals surface area contributed by atoms with E-state index in [-0.39, 0.29) is 22.9 Å². The van der Waals surface area contributed by atoms with Crippen molar-refractivity contribution in [1.82, 2.24) is 14.8 Å². The zero-order valence-electron chi connectivity index (χ0n) is 19.9. The van der Waals surface area contributed by atoms with Crippen molar-refractivity contribution in [3.63, 3.8) is 0 Å². The minimum atomic E-state index is -1.03. The van der Waals surface area contributed by atoms with Gasteiger partial charge in [-0.05, 0) is 67.1 Å². The van der Waals surface area contributed by atoms with Gasteiger partial charge in [-0.15, -0.1) is 5.10 Å². The van der Waals surface area contributed by atoms with Crippen LogP contribution in [-0.4, -0.2) is 42.6 Å². The molecule has 1 aromatic heterocycles. The Hall–Kier alpha value is -4.95. The molecule has 1 heterocycles. The first-order chi connectivity index (χ1) is 18.0. The van der Waals surface area contributed by atoms with Crippen LogP contribution < -0.4 is 5.73 Å². The molecule has 0 amide bonds. The highest BCUT2D eigenvalue weighted by Crippen LogP contribution is 2.33. The number of phenols is 2. The molecule has 0 atom stereocenters. The summed E-state index contributed by atoms with van der Waals surface area (Å²) in [5.74, 6) is -0.328. The van der Waals surface area contributed by atoms with Crippen molar-refractivity contribution in [1.29, 1.82) is 0 Å². The van der Waals surface area contributed by atoms with E-state index in [9.17, 15) is 15.0 Å². The second kappa shape index (κ2) is 11.7. The number of rotatable bonds is 6. The van der Waals surface area contributed by atoms with Crippen LogP contribution in [0, 0.1) is 0 Å². The SMILES string of the molecule is NCCc1ccccc1.O=C(O)c1ccc(-n2nc(-c3ccccc3O)nc2-c2ccccc2O)cc1. The zero-order valence-corrected chi connectivity index (χ0v) is 19.9. The van der Waals surface area contributed by atoms with Gasteiger partial charge in [0.05, 0.1) is 22.4 Å². The Kier molecular flexibility index (Phi) is 7.92. The van der Waals surface area contributed by atoms with Gasteiger partial charge >= 0.3 is 5.97 Å². The molecule has 0 saturated heterocycles. The highest BCUT2D eigenvalue weighted by molar-refractivity contribution is 5.87. The van der Waals surface area contributed by atoms with Gasteiger partial charge in [0.2, 0.25) is 0 Å². The van der Waals surface area contributed by atoms with E-state index in [1.165, 1.54) is 28.4 Å². The quantitative estimate of drug-likeness (QED) is 0.264. The van der Waals surface area contributed by atoms with E-state index in [0.29, 0.717) is 22.6 Å². The standard InChI is InChI=1S/C21H15N3O4.C8H11N/c25-17-7-3-1-5-15(17)19-22-20(16-6-2-4-8-18(16)26)24(23-19)14-11-9-13(10-12-14)21(27)28;9-7-6-8-4-2-1-3-5-8/h1-12,25-26H,(H,27,28);1-5H,6-7,9H2. The van der Waals surface area contributed by atoms with Gasteiger partial charge < -0.3 is 21.1 Å². The molecule has 0 fully saturated rings. The molecular weight excluding hydrogens is 468 g/mol. The van der Waals surface area contributed by atoms with Crippen LogP contribution in [0.3, 0.4) is 0 Å². The number of nitrogens with zero attached hydrogens (tertiary/aromatic N) is 3. The van der Waals surface area contributed by atoms with E-state index >= 15 is 0 Å². The lowest BCUT2D eigenvalue weighted by Crippen LogP contribution is -2.02. The first-order valence-corrected chi connectivity index (χ1v) is 11.6. The third-order valence-electron chi connectivity index (χ3n) is 5.53.